The van der Waals surface area contributed by atoms with E-state index in [4.69, 9.17) is 0 Å². The van der Waals surface area contributed by atoms with Gasteiger partial charge < -0.3 is 5.32 Å². The van der Waals surface area contributed by atoms with Crippen LogP contribution < -0.4 is 5.32 Å². The highest BCUT2D eigenvalue weighted by Gasteiger charge is 2.21. The lowest BCUT2D eigenvalue weighted by Crippen LogP contribution is -2.24. The number of rotatable bonds is 4. The Morgan fingerprint density at radius 3 is 2.25 bits per heavy atom. The zero-order chi connectivity index (χ0) is 14.7. The zero-order valence-corrected chi connectivity index (χ0v) is 11.4. The third-order valence-electron chi connectivity index (χ3n) is 3.09. The summed E-state index contributed by atoms with van der Waals surface area (Å²) >= 11 is 0. The number of benzene rings is 2. The number of hydrogen-bond acceptors (Lipinski definition) is 1. The van der Waals surface area contributed by atoms with Crippen LogP contribution in [0.2, 0.25) is 0 Å². The van der Waals surface area contributed by atoms with Crippen molar-refractivity contribution in [3.05, 3.63) is 70.5 Å². The van der Waals surface area contributed by atoms with E-state index in [1.54, 1.807) is 13.0 Å². The van der Waals surface area contributed by atoms with Gasteiger partial charge >= 0.3 is 0 Å². The molecule has 0 aliphatic heterocycles. The molecule has 2 aromatic carbocycles. The van der Waals surface area contributed by atoms with Crippen molar-refractivity contribution in [3.8, 4) is 0 Å². The minimum atomic E-state index is -0.712. The van der Waals surface area contributed by atoms with E-state index in [-0.39, 0.29) is 5.56 Å². The summed E-state index contributed by atoms with van der Waals surface area (Å²) in [7, 11) is 0. The largest absolute Gasteiger partial charge is 0.306 e. The highest BCUT2D eigenvalue weighted by Crippen LogP contribution is 2.28. The molecule has 0 saturated heterocycles. The van der Waals surface area contributed by atoms with Crippen LogP contribution >= 0.6 is 0 Å². The molecule has 2 aromatic rings. The van der Waals surface area contributed by atoms with Crippen LogP contribution in [0.1, 0.15) is 29.7 Å². The molecule has 0 amide bonds. The number of nitrogens with one attached hydrogen (secondary N) is 1. The molecule has 0 heterocycles. The van der Waals surface area contributed by atoms with Gasteiger partial charge in [-0.05, 0) is 48.9 Å². The summed E-state index contributed by atoms with van der Waals surface area (Å²) in [5.74, 6) is -1.70. The number of hydrogen-bond donors (Lipinski definition) is 1. The van der Waals surface area contributed by atoms with Crippen LogP contribution in [-0.2, 0) is 0 Å². The fraction of sp³-hybridized carbons (Fsp3) is 0.250. The second-order valence-corrected chi connectivity index (χ2v) is 4.69. The van der Waals surface area contributed by atoms with Gasteiger partial charge in [0.2, 0.25) is 0 Å². The summed E-state index contributed by atoms with van der Waals surface area (Å²) in [5, 5.41) is 3.00. The summed E-state index contributed by atoms with van der Waals surface area (Å²) in [5.41, 5.74) is 1.13. The van der Waals surface area contributed by atoms with E-state index in [9.17, 15) is 13.2 Å². The molecule has 106 valence electrons. The maximum Gasteiger partial charge on any atom is 0.131 e. The van der Waals surface area contributed by atoms with E-state index in [0.29, 0.717) is 17.7 Å². The van der Waals surface area contributed by atoms with Gasteiger partial charge in [-0.2, -0.15) is 0 Å². The predicted octanol–water partition coefficient (Wildman–Crippen LogP) is 4.11. The van der Waals surface area contributed by atoms with Gasteiger partial charge in [-0.25, -0.2) is 13.2 Å². The van der Waals surface area contributed by atoms with Crippen LogP contribution in [-0.4, -0.2) is 6.54 Å². The molecule has 1 atom stereocenters. The topological polar surface area (TPSA) is 12.0 Å². The van der Waals surface area contributed by atoms with Gasteiger partial charge in [-0.3, -0.25) is 0 Å². The average Bonchev–Trinajstić information content (AvgIpc) is 2.36. The molecule has 0 saturated carbocycles. The van der Waals surface area contributed by atoms with Crippen LogP contribution in [0.5, 0.6) is 0 Å². The normalized spacial score (nSPS) is 12.4. The smallest absolute Gasteiger partial charge is 0.131 e. The van der Waals surface area contributed by atoms with Gasteiger partial charge in [-0.15, -0.1) is 0 Å². The van der Waals surface area contributed by atoms with Crippen molar-refractivity contribution in [1.29, 1.82) is 0 Å². The Labute approximate surface area is 116 Å². The van der Waals surface area contributed by atoms with Gasteiger partial charge in [0.05, 0.1) is 6.04 Å². The molecule has 0 radical (unpaired) electrons. The fourth-order valence-electron chi connectivity index (χ4n) is 2.31. The maximum absolute atomic E-state index is 13.9. The van der Waals surface area contributed by atoms with Crippen molar-refractivity contribution in [2.24, 2.45) is 0 Å². The summed E-state index contributed by atoms with van der Waals surface area (Å²) in [6.07, 6.45) is 0. The van der Waals surface area contributed by atoms with E-state index in [2.05, 4.69) is 5.32 Å². The number of aryl methyl sites for hydroxylation is 1. The van der Waals surface area contributed by atoms with Crippen LogP contribution in [0.3, 0.4) is 0 Å². The Hall–Kier alpha value is -1.81. The molecule has 1 unspecified atom stereocenters. The first-order valence-electron chi connectivity index (χ1n) is 6.47. The molecular weight excluding hydrogens is 263 g/mol. The molecule has 0 aliphatic carbocycles. The quantitative estimate of drug-likeness (QED) is 0.888. The SMILES string of the molecule is CCNC(c1cc(C)cc(F)c1)c1c(F)cccc1F. The van der Waals surface area contributed by atoms with Gasteiger partial charge in [0, 0.05) is 5.56 Å². The predicted molar refractivity (Wildman–Crippen MR) is 73.0 cm³/mol. The molecular formula is C16H16F3N. The Morgan fingerprint density at radius 2 is 1.70 bits per heavy atom. The van der Waals surface area contributed by atoms with Gasteiger partial charge in [-0.1, -0.05) is 19.1 Å². The van der Waals surface area contributed by atoms with Gasteiger partial charge in [0.25, 0.3) is 0 Å². The standard InChI is InChI=1S/C16H16F3N/c1-3-20-16(11-7-10(2)8-12(17)9-11)15-13(18)5-4-6-14(15)19/h4-9,16,20H,3H2,1-2H3. The Bertz CT molecular complexity index is 570. The maximum atomic E-state index is 13.9. The minimum Gasteiger partial charge on any atom is -0.306 e. The second-order valence-electron chi connectivity index (χ2n) is 4.69. The number of halogens is 3. The first kappa shape index (κ1) is 14.6. The summed E-state index contributed by atoms with van der Waals surface area (Å²) in [6, 6.07) is 7.41. The van der Waals surface area contributed by atoms with Crippen molar-refractivity contribution >= 4 is 0 Å². The van der Waals surface area contributed by atoms with E-state index in [1.807, 2.05) is 6.92 Å². The Kier molecular flexibility index (Phi) is 4.45. The molecule has 0 aliphatic rings. The van der Waals surface area contributed by atoms with Crippen LogP contribution in [0, 0.1) is 24.4 Å². The lowest BCUT2D eigenvalue weighted by Gasteiger charge is -2.20. The van der Waals surface area contributed by atoms with Crippen LogP contribution in [0.15, 0.2) is 36.4 Å². The third kappa shape index (κ3) is 3.02. The lowest BCUT2D eigenvalue weighted by molar-refractivity contribution is 0.508. The monoisotopic (exact) mass is 279 g/mol. The average molecular weight is 279 g/mol. The lowest BCUT2D eigenvalue weighted by atomic mass is 9.96. The molecule has 4 heteroatoms. The highest BCUT2D eigenvalue weighted by atomic mass is 19.1. The van der Waals surface area contributed by atoms with Gasteiger partial charge in [0.15, 0.2) is 0 Å². The zero-order valence-electron chi connectivity index (χ0n) is 11.4. The summed E-state index contributed by atoms with van der Waals surface area (Å²) < 4.78 is 41.4. The molecule has 20 heavy (non-hydrogen) atoms. The molecule has 0 fully saturated rings. The van der Waals surface area contributed by atoms with Crippen molar-refractivity contribution < 1.29 is 13.2 Å². The van der Waals surface area contributed by atoms with Crippen molar-refractivity contribution in [3.63, 3.8) is 0 Å². The summed E-state index contributed by atoms with van der Waals surface area (Å²) in [4.78, 5) is 0. The molecule has 1 nitrogen and oxygen atoms in total. The molecule has 2 rings (SSSR count). The summed E-state index contributed by atoms with van der Waals surface area (Å²) in [6.45, 7) is 4.08. The van der Waals surface area contributed by atoms with E-state index >= 15 is 0 Å². The first-order valence-corrected chi connectivity index (χ1v) is 6.47. The Balaban J connectivity index is 2.56. The fourth-order valence-corrected chi connectivity index (χ4v) is 2.31. The Morgan fingerprint density at radius 1 is 1.05 bits per heavy atom. The van der Waals surface area contributed by atoms with E-state index in [1.165, 1.54) is 30.3 Å². The minimum absolute atomic E-state index is 0.0839. The molecule has 1 N–H and O–H groups in total. The highest BCUT2D eigenvalue weighted by molar-refractivity contribution is 5.36. The van der Waals surface area contributed by atoms with Gasteiger partial charge in [0.1, 0.15) is 17.5 Å². The van der Waals surface area contributed by atoms with E-state index < -0.39 is 23.5 Å². The van der Waals surface area contributed by atoms with Crippen LogP contribution in [0.4, 0.5) is 13.2 Å². The molecule has 0 aromatic heterocycles. The van der Waals surface area contributed by atoms with Crippen molar-refractivity contribution in [1.82, 2.24) is 5.32 Å². The van der Waals surface area contributed by atoms with E-state index in [0.717, 1.165) is 0 Å². The third-order valence-corrected chi connectivity index (χ3v) is 3.09. The molecule has 0 spiro atoms. The first-order chi connectivity index (χ1) is 9.52. The van der Waals surface area contributed by atoms with Crippen molar-refractivity contribution in [2.45, 2.75) is 19.9 Å². The second kappa shape index (κ2) is 6.09. The molecule has 0 bridgehead atoms. The van der Waals surface area contributed by atoms with Crippen LogP contribution in [0.25, 0.3) is 0 Å². The van der Waals surface area contributed by atoms with Crippen molar-refractivity contribution in [2.75, 3.05) is 6.54 Å².